The highest BCUT2D eigenvalue weighted by molar-refractivity contribution is 7.99. The lowest BCUT2D eigenvalue weighted by atomic mass is 9.59. The Bertz CT molecular complexity index is 3180. The fraction of sp³-hybridized carbons (Fsp3) is 0.0182. The van der Waals surface area contributed by atoms with Crippen molar-refractivity contribution in [2.45, 2.75) is 15.2 Å². The van der Waals surface area contributed by atoms with Gasteiger partial charge in [-0.1, -0.05) is 188 Å². The number of hydrogen-bond acceptors (Lipinski definition) is 2. The Morgan fingerprint density at radius 2 is 0.912 bits per heavy atom. The van der Waals surface area contributed by atoms with Crippen LogP contribution in [-0.2, 0) is 5.41 Å². The average Bonchev–Trinajstić information content (AvgIpc) is 3.28. The van der Waals surface area contributed by atoms with Gasteiger partial charge in [-0.25, -0.2) is 0 Å². The summed E-state index contributed by atoms with van der Waals surface area (Å²) in [6.07, 6.45) is 0. The lowest BCUT2D eigenvalue weighted by Crippen LogP contribution is -2.36. The Balaban J connectivity index is 1.21. The minimum atomic E-state index is -0.540. The standard InChI is InChI=1S/C55H35NS/c1-2-15-36(16-3-1)40-22-13-24-44-42(40)23-14-30-51(44)56(50-29-12-18-37-17-4-5-21-41(37)50)39-33-34-43-45-25-10-19-38-20-11-28-48(54(38)45)55(49(43)35-39)46-26-6-8-31-52(46)57-53-32-9-7-27-47(53)55/h1-35H. The van der Waals surface area contributed by atoms with Crippen LogP contribution in [0, 0.1) is 0 Å². The van der Waals surface area contributed by atoms with E-state index < -0.39 is 5.41 Å². The van der Waals surface area contributed by atoms with Crippen molar-refractivity contribution in [2.75, 3.05) is 4.90 Å². The highest BCUT2D eigenvalue weighted by Crippen LogP contribution is 2.62. The molecule has 0 saturated heterocycles. The van der Waals surface area contributed by atoms with Crippen LogP contribution in [0.5, 0.6) is 0 Å². The summed E-state index contributed by atoms with van der Waals surface area (Å²) in [6, 6.07) is 79.0. The van der Waals surface area contributed by atoms with Gasteiger partial charge in [0.25, 0.3) is 0 Å². The lowest BCUT2D eigenvalue weighted by molar-refractivity contribution is 0.707. The summed E-state index contributed by atoms with van der Waals surface area (Å²) in [7, 11) is 0. The first-order chi connectivity index (χ1) is 28.3. The van der Waals surface area contributed by atoms with Crippen LogP contribution in [0.1, 0.15) is 22.3 Å². The minimum Gasteiger partial charge on any atom is -0.309 e. The Morgan fingerprint density at radius 1 is 0.351 bits per heavy atom. The molecule has 266 valence electrons. The SMILES string of the molecule is c1ccc(-c2cccc3c(N(c4ccc5c(c4)C4(c6ccccc6Sc6ccccc64)c4cccc6cccc-5c46)c4cccc5ccccc45)cccc23)cc1. The van der Waals surface area contributed by atoms with Crippen molar-refractivity contribution < 1.29 is 0 Å². The number of hydrogen-bond donors (Lipinski definition) is 0. The Labute approximate surface area is 336 Å². The third-order valence-corrected chi connectivity index (χ3v) is 13.5. The van der Waals surface area contributed by atoms with Crippen LogP contribution >= 0.6 is 11.8 Å². The van der Waals surface area contributed by atoms with E-state index in [0.29, 0.717) is 0 Å². The average molecular weight is 742 g/mol. The fourth-order valence-corrected chi connectivity index (χ4v) is 11.2. The lowest BCUT2D eigenvalue weighted by Gasteiger charge is -2.46. The molecule has 10 aromatic carbocycles. The van der Waals surface area contributed by atoms with Crippen LogP contribution in [0.3, 0.4) is 0 Å². The maximum absolute atomic E-state index is 2.52. The summed E-state index contributed by atoms with van der Waals surface area (Å²) in [5, 5.41) is 7.48. The zero-order valence-corrected chi connectivity index (χ0v) is 31.9. The maximum Gasteiger partial charge on any atom is 0.0736 e. The molecular weight excluding hydrogens is 707 g/mol. The predicted molar refractivity (Wildman–Crippen MR) is 241 cm³/mol. The Kier molecular flexibility index (Phi) is 7.14. The smallest absolute Gasteiger partial charge is 0.0736 e. The Hall–Kier alpha value is -6.87. The van der Waals surface area contributed by atoms with Crippen LogP contribution in [-0.4, -0.2) is 0 Å². The highest BCUT2D eigenvalue weighted by Gasteiger charge is 2.48. The molecule has 0 bridgehead atoms. The van der Waals surface area contributed by atoms with E-state index in [2.05, 4.69) is 217 Å². The third kappa shape index (κ3) is 4.65. The van der Waals surface area contributed by atoms with Crippen molar-refractivity contribution in [1.29, 1.82) is 0 Å². The summed E-state index contributed by atoms with van der Waals surface area (Å²) < 4.78 is 0. The van der Waals surface area contributed by atoms with Crippen molar-refractivity contribution >= 4 is 61.1 Å². The second-order valence-electron chi connectivity index (χ2n) is 15.2. The van der Waals surface area contributed by atoms with Crippen LogP contribution in [0.25, 0.3) is 54.6 Å². The molecule has 0 atom stereocenters. The summed E-state index contributed by atoms with van der Waals surface area (Å²) in [6.45, 7) is 0. The van der Waals surface area contributed by atoms with Crippen molar-refractivity contribution in [3.63, 3.8) is 0 Å². The second-order valence-corrected chi connectivity index (χ2v) is 16.2. The summed E-state index contributed by atoms with van der Waals surface area (Å²) in [5.74, 6) is 0. The number of benzene rings is 10. The molecule has 0 fully saturated rings. The number of fused-ring (bicyclic) bond motifs is 10. The normalized spacial score (nSPS) is 13.3. The van der Waals surface area contributed by atoms with E-state index in [1.54, 1.807) is 0 Å². The molecular formula is C55H35NS. The zero-order chi connectivity index (χ0) is 37.5. The van der Waals surface area contributed by atoms with E-state index in [4.69, 9.17) is 0 Å². The molecule has 1 aliphatic heterocycles. The van der Waals surface area contributed by atoms with Crippen LogP contribution in [0.4, 0.5) is 17.1 Å². The summed E-state index contributed by atoms with van der Waals surface area (Å²) >= 11 is 1.89. The molecule has 0 aromatic heterocycles. The van der Waals surface area contributed by atoms with Crippen LogP contribution in [0.2, 0.25) is 0 Å². The van der Waals surface area contributed by atoms with E-state index in [1.165, 1.54) is 86.6 Å². The molecule has 1 spiro atoms. The largest absolute Gasteiger partial charge is 0.309 e. The molecule has 0 radical (unpaired) electrons. The molecule has 1 aliphatic carbocycles. The van der Waals surface area contributed by atoms with Crippen LogP contribution in [0.15, 0.2) is 222 Å². The zero-order valence-electron chi connectivity index (χ0n) is 31.1. The van der Waals surface area contributed by atoms with Crippen molar-refractivity contribution in [1.82, 2.24) is 0 Å². The van der Waals surface area contributed by atoms with E-state index in [1.807, 2.05) is 11.8 Å². The summed E-state index contributed by atoms with van der Waals surface area (Å²) in [5.41, 5.74) is 13.2. The Morgan fingerprint density at radius 3 is 1.74 bits per heavy atom. The summed E-state index contributed by atoms with van der Waals surface area (Å²) in [4.78, 5) is 5.12. The van der Waals surface area contributed by atoms with Gasteiger partial charge in [0.1, 0.15) is 0 Å². The number of rotatable bonds is 4. The van der Waals surface area contributed by atoms with Crippen molar-refractivity contribution in [2.24, 2.45) is 0 Å². The molecule has 0 N–H and O–H groups in total. The van der Waals surface area contributed by atoms with Gasteiger partial charge in [-0.15, -0.1) is 0 Å². The van der Waals surface area contributed by atoms with E-state index in [-0.39, 0.29) is 0 Å². The second kappa shape index (κ2) is 12.6. The van der Waals surface area contributed by atoms with Gasteiger partial charge in [0.15, 0.2) is 0 Å². The van der Waals surface area contributed by atoms with Gasteiger partial charge < -0.3 is 4.90 Å². The van der Waals surface area contributed by atoms with Gasteiger partial charge in [-0.05, 0) is 102 Å². The van der Waals surface area contributed by atoms with Gasteiger partial charge in [0, 0.05) is 26.3 Å². The quantitative estimate of drug-likeness (QED) is 0.177. The number of nitrogens with zero attached hydrogens (tertiary/aromatic N) is 1. The minimum absolute atomic E-state index is 0.540. The van der Waals surface area contributed by atoms with Gasteiger partial charge in [0.05, 0.1) is 16.8 Å². The molecule has 2 heteroatoms. The van der Waals surface area contributed by atoms with E-state index >= 15 is 0 Å². The van der Waals surface area contributed by atoms with Gasteiger partial charge in [0.2, 0.25) is 0 Å². The maximum atomic E-state index is 2.52. The first-order valence-electron chi connectivity index (χ1n) is 19.7. The molecule has 57 heavy (non-hydrogen) atoms. The van der Waals surface area contributed by atoms with Gasteiger partial charge in [-0.3, -0.25) is 0 Å². The monoisotopic (exact) mass is 741 g/mol. The van der Waals surface area contributed by atoms with Crippen LogP contribution < -0.4 is 4.90 Å². The molecule has 2 aliphatic rings. The molecule has 10 aromatic rings. The first kappa shape index (κ1) is 32.4. The fourth-order valence-electron chi connectivity index (χ4n) is 9.98. The van der Waals surface area contributed by atoms with Gasteiger partial charge >= 0.3 is 0 Å². The van der Waals surface area contributed by atoms with Crippen molar-refractivity contribution in [3.8, 4) is 22.3 Å². The first-order valence-corrected chi connectivity index (χ1v) is 20.5. The molecule has 0 amide bonds. The predicted octanol–water partition coefficient (Wildman–Crippen LogP) is 15.1. The molecule has 1 heterocycles. The molecule has 0 unspecified atom stereocenters. The van der Waals surface area contributed by atoms with E-state index in [9.17, 15) is 0 Å². The van der Waals surface area contributed by atoms with E-state index in [0.717, 1.165) is 17.1 Å². The molecule has 0 saturated carbocycles. The molecule has 12 rings (SSSR count). The topological polar surface area (TPSA) is 3.24 Å². The third-order valence-electron chi connectivity index (χ3n) is 12.3. The van der Waals surface area contributed by atoms with Gasteiger partial charge in [-0.2, -0.15) is 0 Å². The highest BCUT2D eigenvalue weighted by atomic mass is 32.2. The molecule has 1 nitrogen and oxygen atoms in total. The van der Waals surface area contributed by atoms with Crippen molar-refractivity contribution in [3.05, 3.63) is 235 Å². The number of anilines is 3.